The van der Waals surface area contributed by atoms with E-state index in [4.69, 9.17) is 0 Å². The molecule has 1 heterocycles. The monoisotopic (exact) mass is 259 g/mol. The van der Waals surface area contributed by atoms with Gasteiger partial charge in [0.2, 0.25) is 0 Å². The fourth-order valence-electron chi connectivity index (χ4n) is 2.51. The molecule has 2 aromatic rings. The number of carbonyl (C=O) groups is 1. The standard InChI is InChI=1S/C15H17NO2.CH4/c1-8-6-9(2)14-13(10(8)3)15(18)12(11(4)17)7-16(14)5;/h6-7H,1-5H3;1H4. The van der Waals surface area contributed by atoms with Crippen molar-refractivity contribution in [3.05, 3.63) is 44.7 Å². The lowest BCUT2D eigenvalue weighted by Gasteiger charge is -2.14. The fourth-order valence-corrected chi connectivity index (χ4v) is 2.51. The molecular weight excluding hydrogens is 238 g/mol. The minimum atomic E-state index is -0.184. The number of rotatable bonds is 1. The minimum Gasteiger partial charge on any atom is -0.349 e. The van der Waals surface area contributed by atoms with Gasteiger partial charge in [0.15, 0.2) is 11.2 Å². The second kappa shape index (κ2) is 5.00. The number of aryl methyl sites for hydroxylation is 4. The summed E-state index contributed by atoms with van der Waals surface area (Å²) in [6.45, 7) is 7.34. The van der Waals surface area contributed by atoms with Crippen LogP contribution < -0.4 is 5.43 Å². The van der Waals surface area contributed by atoms with E-state index in [-0.39, 0.29) is 24.2 Å². The predicted molar refractivity (Wildman–Crippen MR) is 80.1 cm³/mol. The number of hydrogen-bond acceptors (Lipinski definition) is 2. The van der Waals surface area contributed by atoms with E-state index in [9.17, 15) is 9.59 Å². The van der Waals surface area contributed by atoms with Crippen LogP contribution in [0.3, 0.4) is 0 Å². The van der Waals surface area contributed by atoms with Gasteiger partial charge in [0.05, 0.1) is 11.1 Å². The topological polar surface area (TPSA) is 39.1 Å². The van der Waals surface area contributed by atoms with Crippen LogP contribution in [0.1, 0.15) is 41.4 Å². The van der Waals surface area contributed by atoms with Gasteiger partial charge in [-0.05, 0) is 44.4 Å². The number of pyridine rings is 1. The molecular formula is C16H21NO2. The van der Waals surface area contributed by atoms with Crippen molar-refractivity contribution in [2.45, 2.75) is 35.1 Å². The minimum absolute atomic E-state index is 0. The van der Waals surface area contributed by atoms with E-state index >= 15 is 0 Å². The van der Waals surface area contributed by atoms with Crippen LogP contribution in [0.2, 0.25) is 0 Å². The van der Waals surface area contributed by atoms with E-state index in [0.717, 1.165) is 22.2 Å². The Morgan fingerprint density at radius 1 is 1.16 bits per heavy atom. The molecule has 0 spiro atoms. The third-order valence-corrected chi connectivity index (χ3v) is 3.54. The maximum absolute atomic E-state index is 12.4. The zero-order valence-electron chi connectivity index (χ0n) is 11.4. The molecule has 0 radical (unpaired) electrons. The predicted octanol–water partition coefficient (Wildman–Crippen LogP) is 3.30. The summed E-state index contributed by atoms with van der Waals surface area (Å²) in [6, 6.07) is 2.07. The zero-order chi connectivity index (χ0) is 13.6. The van der Waals surface area contributed by atoms with Crippen LogP contribution in [0.4, 0.5) is 0 Å². The molecule has 0 amide bonds. The third kappa shape index (κ3) is 2.21. The number of Topliss-reactive ketones (excluding diaryl/α,β-unsaturated/α-hetero) is 1. The molecule has 0 aliphatic rings. The average Bonchev–Trinajstić information content (AvgIpc) is 2.28. The number of nitrogens with zero attached hydrogens (tertiary/aromatic N) is 1. The molecule has 2 rings (SSSR count). The number of carbonyl (C=O) groups excluding carboxylic acids is 1. The first-order valence-corrected chi connectivity index (χ1v) is 5.95. The van der Waals surface area contributed by atoms with Gasteiger partial charge in [-0.3, -0.25) is 9.59 Å². The molecule has 0 aliphatic carbocycles. The van der Waals surface area contributed by atoms with Crippen molar-refractivity contribution in [2.24, 2.45) is 7.05 Å². The SMILES string of the molecule is C.CC(=O)c1cn(C)c2c(C)cc(C)c(C)c2c1=O. The molecule has 102 valence electrons. The highest BCUT2D eigenvalue weighted by atomic mass is 16.1. The van der Waals surface area contributed by atoms with Gasteiger partial charge in [-0.15, -0.1) is 0 Å². The van der Waals surface area contributed by atoms with Crippen LogP contribution in [0.5, 0.6) is 0 Å². The number of ketones is 1. The van der Waals surface area contributed by atoms with Crippen molar-refractivity contribution in [3.63, 3.8) is 0 Å². The number of benzene rings is 1. The fraction of sp³-hybridized carbons (Fsp3) is 0.375. The van der Waals surface area contributed by atoms with Crippen molar-refractivity contribution in [2.75, 3.05) is 0 Å². The molecule has 0 aliphatic heterocycles. The van der Waals surface area contributed by atoms with Gasteiger partial charge in [-0.25, -0.2) is 0 Å². The Morgan fingerprint density at radius 2 is 1.74 bits per heavy atom. The molecule has 3 heteroatoms. The summed E-state index contributed by atoms with van der Waals surface area (Å²) >= 11 is 0. The Hall–Kier alpha value is -1.90. The maximum atomic E-state index is 12.4. The van der Waals surface area contributed by atoms with Crippen LogP contribution in [0.25, 0.3) is 10.9 Å². The third-order valence-electron chi connectivity index (χ3n) is 3.54. The Morgan fingerprint density at radius 3 is 2.26 bits per heavy atom. The number of hydrogen-bond donors (Lipinski definition) is 0. The van der Waals surface area contributed by atoms with Crippen LogP contribution >= 0.6 is 0 Å². The van der Waals surface area contributed by atoms with E-state index in [2.05, 4.69) is 6.07 Å². The molecule has 19 heavy (non-hydrogen) atoms. The van der Waals surface area contributed by atoms with Gasteiger partial charge >= 0.3 is 0 Å². The molecule has 3 nitrogen and oxygen atoms in total. The van der Waals surface area contributed by atoms with E-state index in [1.807, 2.05) is 32.4 Å². The van der Waals surface area contributed by atoms with Crippen LogP contribution in [0, 0.1) is 20.8 Å². The van der Waals surface area contributed by atoms with Gasteiger partial charge in [-0.1, -0.05) is 13.5 Å². The van der Waals surface area contributed by atoms with Gasteiger partial charge in [0.25, 0.3) is 0 Å². The molecule has 0 fully saturated rings. The second-order valence-corrected chi connectivity index (χ2v) is 4.90. The van der Waals surface area contributed by atoms with Crippen LogP contribution in [-0.2, 0) is 7.05 Å². The summed E-state index contributed by atoms with van der Waals surface area (Å²) in [5.41, 5.74) is 4.12. The molecule has 0 saturated carbocycles. The van der Waals surface area contributed by atoms with Crippen LogP contribution in [-0.4, -0.2) is 10.4 Å². The molecule has 0 atom stereocenters. The molecule has 0 unspecified atom stereocenters. The van der Waals surface area contributed by atoms with Crippen molar-refractivity contribution in [3.8, 4) is 0 Å². The molecule has 0 saturated heterocycles. The lowest BCUT2D eigenvalue weighted by Crippen LogP contribution is -2.18. The summed E-state index contributed by atoms with van der Waals surface area (Å²) in [5.74, 6) is -0.184. The average molecular weight is 259 g/mol. The van der Waals surface area contributed by atoms with E-state index in [1.165, 1.54) is 6.92 Å². The lowest BCUT2D eigenvalue weighted by atomic mass is 9.98. The Bertz CT molecular complexity index is 724. The van der Waals surface area contributed by atoms with Crippen molar-refractivity contribution in [1.82, 2.24) is 4.57 Å². The Balaban J connectivity index is 0.00000180. The van der Waals surface area contributed by atoms with Gasteiger partial charge < -0.3 is 4.57 Å². The summed E-state index contributed by atoms with van der Waals surface area (Å²) < 4.78 is 1.87. The summed E-state index contributed by atoms with van der Waals surface area (Å²) in [6.07, 6.45) is 1.63. The van der Waals surface area contributed by atoms with E-state index in [0.29, 0.717) is 5.39 Å². The van der Waals surface area contributed by atoms with Gasteiger partial charge in [0.1, 0.15) is 0 Å². The first-order valence-electron chi connectivity index (χ1n) is 5.95. The Labute approximate surface area is 113 Å². The molecule has 1 aromatic heterocycles. The highest BCUT2D eigenvalue weighted by Gasteiger charge is 2.15. The number of aromatic nitrogens is 1. The summed E-state index contributed by atoms with van der Waals surface area (Å²) in [5, 5.41) is 0.669. The lowest BCUT2D eigenvalue weighted by molar-refractivity contribution is 0.101. The zero-order valence-corrected chi connectivity index (χ0v) is 11.4. The smallest absolute Gasteiger partial charge is 0.200 e. The van der Waals surface area contributed by atoms with Crippen LogP contribution in [0.15, 0.2) is 17.1 Å². The highest BCUT2D eigenvalue weighted by Crippen LogP contribution is 2.22. The number of fused-ring (bicyclic) bond motifs is 1. The first kappa shape index (κ1) is 15.2. The molecule has 1 aromatic carbocycles. The summed E-state index contributed by atoms with van der Waals surface area (Å²) in [4.78, 5) is 23.9. The van der Waals surface area contributed by atoms with E-state index < -0.39 is 0 Å². The Kier molecular flexibility index (Phi) is 3.99. The van der Waals surface area contributed by atoms with Gasteiger partial charge in [-0.2, -0.15) is 0 Å². The first-order chi connectivity index (χ1) is 8.34. The van der Waals surface area contributed by atoms with Crippen molar-refractivity contribution < 1.29 is 4.79 Å². The normalized spacial score (nSPS) is 10.4. The van der Waals surface area contributed by atoms with Crippen molar-refractivity contribution >= 4 is 16.7 Å². The quantitative estimate of drug-likeness (QED) is 0.737. The molecule has 0 bridgehead atoms. The summed E-state index contributed by atoms with van der Waals surface area (Å²) in [7, 11) is 1.87. The highest BCUT2D eigenvalue weighted by molar-refractivity contribution is 5.98. The second-order valence-electron chi connectivity index (χ2n) is 4.90. The van der Waals surface area contributed by atoms with Crippen molar-refractivity contribution in [1.29, 1.82) is 0 Å². The van der Waals surface area contributed by atoms with E-state index in [1.54, 1.807) is 6.20 Å². The maximum Gasteiger partial charge on any atom is 0.200 e. The molecule has 0 N–H and O–H groups in total. The van der Waals surface area contributed by atoms with Gasteiger partial charge in [0, 0.05) is 18.6 Å². The largest absolute Gasteiger partial charge is 0.349 e.